The second-order valence-electron chi connectivity index (χ2n) is 8.23. The number of carbonyl (C=O) groups is 1. The van der Waals surface area contributed by atoms with E-state index < -0.39 is 10.0 Å². The molecule has 1 amide bonds. The van der Waals surface area contributed by atoms with E-state index in [0.717, 1.165) is 44.8 Å². The maximum absolute atomic E-state index is 13.4. The predicted molar refractivity (Wildman–Crippen MR) is 126 cm³/mol. The summed E-state index contributed by atoms with van der Waals surface area (Å²) in [6, 6.07) is 15.6. The molecule has 0 atom stereocenters. The molecule has 1 aliphatic rings. The molecule has 174 valence electrons. The Morgan fingerprint density at radius 3 is 2.34 bits per heavy atom. The molecule has 0 aliphatic carbocycles. The SMILES string of the molecule is CC(C)c1ccc(N(CC(=O)NCCCN2CCOCC2)S(=O)(=O)c2ccccc2)cc1. The summed E-state index contributed by atoms with van der Waals surface area (Å²) in [6.45, 7) is 8.58. The van der Waals surface area contributed by atoms with E-state index in [0.29, 0.717) is 18.2 Å². The molecule has 32 heavy (non-hydrogen) atoms. The summed E-state index contributed by atoms with van der Waals surface area (Å²) in [5.74, 6) is 0.0115. The zero-order chi connectivity index (χ0) is 23.0. The van der Waals surface area contributed by atoms with E-state index in [9.17, 15) is 13.2 Å². The van der Waals surface area contributed by atoms with Crippen LogP contribution in [0.25, 0.3) is 0 Å². The predicted octanol–water partition coefficient (Wildman–Crippen LogP) is 2.84. The molecule has 1 aliphatic heterocycles. The smallest absolute Gasteiger partial charge is 0.264 e. The zero-order valence-electron chi connectivity index (χ0n) is 18.9. The van der Waals surface area contributed by atoms with Gasteiger partial charge in [0, 0.05) is 19.6 Å². The fourth-order valence-corrected chi connectivity index (χ4v) is 5.04. The molecule has 1 fully saturated rings. The maximum Gasteiger partial charge on any atom is 0.264 e. The van der Waals surface area contributed by atoms with Crippen LogP contribution in [0.5, 0.6) is 0 Å². The molecule has 1 N–H and O–H groups in total. The van der Waals surface area contributed by atoms with Gasteiger partial charge in [0.15, 0.2) is 0 Å². The van der Waals surface area contributed by atoms with E-state index in [-0.39, 0.29) is 17.3 Å². The van der Waals surface area contributed by atoms with Crippen molar-refractivity contribution in [3.8, 4) is 0 Å². The molecule has 7 nitrogen and oxygen atoms in total. The Morgan fingerprint density at radius 2 is 1.72 bits per heavy atom. The van der Waals surface area contributed by atoms with Gasteiger partial charge in [0.1, 0.15) is 6.54 Å². The number of morpholine rings is 1. The van der Waals surface area contributed by atoms with Crippen LogP contribution in [0.15, 0.2) is 59.5 Å². The first-order chi connectivity index (χ1) is 15.4. The van der Waals surface area contributed by atoms with Crippen LogP contribution in [0.2, 0.25) is 0 Å². The molecule has 1 saturated heterocycles. The summed E-state index contributed by atoms with van der Waals surface area (Å²) in [4.78, 5) is 15.1. The molecule has 0 spiro atoms. The van der Waals surface area contributed by atoms with Crippen LogP contribution in [0, 0.1) is 0 Å². The molecule has 8 heteroatoms. The first-order valence-corrected chi connectivity index (χ1v) is 12.6. The molecule has 0 saturated carbocycles. The van der Waals surface area contributed by atoms with E-state index in [1.165, 1.54) is 4.31 Å². The molecular formula is C24H33N3O4S. The Hall–Kier alpha value is -2.42. The minimum atomic E-state index is -3.88. The van der Waals surface area contributed by atoms with Gasteiger partial charge in [-0.1, -0.05) is 44.2 Å². The van der Waals surface area contributed by atoms with Crippen molar-refractivity contribution in [1.82, 2.24) is 10.2 Å². The number of benzene rings is 2. The average Bonchev–Trinajstić information content (AvgIpc) is 2.81. The van der Waals surface area contributed by atoms with Crippen LogP contribution in [0.4, 0.5) is 5.69 Å². The van der Waals surface area contributed by atoms with Gasteiger partial charge in [-0.3, -0.25) is 14.0 Å². The third-order valence-corrected chi connectivity index (χ3v) is 7.33. The molecular weight excluding hydrogens is 426 g/mol. The van der Waals surface area contributed by atoms with Crippen molar-refractivity contribution in [1.29, 1.82) is 0 Å². The van der Waals surface area contributed by atoms with Crippen molar-refractivity contribution in [2.24, 2.45) is 0 Å². The topological polar surface area (TPSA) is 79.0 Å². The van der Waals surface area contributed by atoms with E-state index in [1.807, 2.05) is 12.1 Å². The number of hydrogen-bond donors (Lipinski definition) is 1. The average molecular weight is 460 g/mol. The standard InChI is InChI=1S/C24H33N3O4S/c1-20(2)21-9-11-22(12-10-21)27(32(29,30)23-7-4-3-5-8-23)19-24(28)25-13-6-14-26-15-17-31-18-16-26/h3-5,7-12,20H,6,13-19H2,1-2H3,(H,25,28). The van der Waals surface area contributed by atoms with Crippen LogP contribution in [0.3, 0.4) is 0 Å². The van der Waals surface area contributed by atoms with Crippen molar-refractivity contribution in [2.45, 2.75) is 31.1 Å². The van der Waals surface area contributed by atoms with Gasteiger partial charge < -0.3 is 10.1 Å². The third kappa shape index (κ3) is 6.54. The Morgan fingerprint density at radius 1 is 1.06 bits per heavy atom. The quantitative estimate of drug-likeness (QED) is 0.553. The van der Waals surface area contributed by atoms with Gasteiger partial charge >= 0.3 is 0 Å². The molecule has 2 aromatic rings. The minimum Gasteiger partial charge on any atom is -0.379 e. The van der Waals surface area contributed by atoms with Crippen molar-refractivity contribution < 1.29 is 17.9 Å². The van der Waals surface area contributed by atoms with E-state index in [2.05, 4.69) is 24.1 Å². The Balaban J connectivity index is 1.68. The molecule has 1 heterocycles. The van der Waals surface area contributed by atoms with Crippen molar-refractivity contribution in [2.75, 3.05) is 50.2 Å². The highest BCUT2D eigenvalue weighted by Crippen LogP contribution is 2.25. The van der Waals surface area contributed by atoms with Gasteiger partial charge in [0.25, 0.3) is 10.0 Å². The number of nitrogens with one attached hydrogen (secondary N) is 1. The molecule has 2 aromatic carbocycles. The molecule has 0 aromatic heterocycles. The van der Waals surface area contributed by atoms with Crippen LogP contribution in [-0.2, 0) is 19.6 Å². The van der Waals surface area contributed by atoms with Gasteiger partial charge in [-0.15, -0.1) is 0 Å². The maximum atomic E-state index is 13.4. The summed E-state index contributed by atoms with van der Waals surface area (Å²) < 4.78 is 33.2. The van der Waals surface area contributed by atoms with Gasteiger partial charge in [0.05, 0.1) is 23.8 Å². The summed E-state index contributed by atoms with van der Waals surface area (Å²) in [6.07, 6.45) is 0.806. The van der Waals surface area contributed by atoms with Crippen molar-refractivity contribution >= 4 is 21.6 Å². The Labute approximate surface area is 191 Å². The highest BCUT2D eigenvalue weighted by Gasteiger charge is 2.27. The van der Waals surface area contributed by atoms with Gasteiger partial charge in [0.2, 0.25) is 5.91 Å². The van der Waals surface area contributed by atoms with E-state index in [4.69, 9.17) is 4.74 Å². The highest BCUT2D eigenvalue weighted by molar-refractivity contribution is 7.92. The van der Waals surface area contributed by atoms with Crippen LogP contribution in [0.1, 0.15) is 31.7 Å². The van der Waals surface area contributed by atoms with Crippen LogP contribution < -0.4 is 9.62 Å². The number of sulfonamides is 1. The van der Waals surface area contributed by atoms with Crippen LogP contribution >= 0.6 is 0 Å². The minimum absolute atomic E-state index is 0.160. The fourth-order valence-electron chi connectivity index (χ4n) is 3.60. The number of ether oxygens (including phenoxy) is 1. The first-order valence-electron chi connectivity index (χ1n) is 11.1. The number of anilines is 1. The third-order valence-electron chi connectivity index (χ3n) is 5.54. The summed E-state index contributed by atoms with van der Waals surface area (Å²) in [5, 5.41) is 2.87. The van der Waals surface area contributed by atoms with Gasteiger partial charge in [-0.2, -0.15) is 0 Å². The summed E-state index contributed by atoms with van der Waals surface area (Å²) in [5.41, 5.74) is 1.58. The fraction of sp³-hybridized carbons (Fsp3) is 0.458. The Bertz CT molecular complexity index is 956. The molecule has 0 bridgehead atoms. The first kappa shape index (κ1) is 24.2. The number of nitrogens with zero attached hydrogens (tertiary/aromatic N) is 2. The highest BCUT2D eigenvalue weighted by atomic mass is 32.2. The largest absolute Gasteiger partial charge is 0.379 e. The normalized spacial score (nSPS) is 15.0. The lowest BCUT2D eigenvalue weighted by Crippen LogP contribution is -2.42. The number of hydrogen-bond acceptors (Lipinski definition) is 5. The lowest BCUT2D eigenvalue weighted by atomic mass is 10.0. The second-order valence-corrected chi connectivity index (χ2v) is 10.1. The lowest BCUT2D eigenvalue weighted by molar-refractivity contribution is -0.119. The van der Waals surface area contributed by atoms with Crippen molar-refractivity contribution in [3.05, 3.63) is 60.2 Å². The second kappa shape index (κ2) is 11.4. The van der Waals surface area contributed by atoms with Crippen molar-refractivity contribution in [3.63, 3.8) is 0 Å². The van der Waals surface area contributed by atoms with E-state index >= 15 is 0 Å². The number of carbonyl (C=O) groups excluding carboxylic acids is 1. The molecule has 0 radical (unpaired) electrons. The monoisotopic (exact) mass is 459 g/mol. The summed E-state index contributed by atoms with van der Waals surface area (Å²) in [7, 11) is -3.88. The summed E-state index contributed by atoms with van der Waals surface area (Å²) >= 11 is 0. The number of rotatable bonds is 10. The number of amides is 1. The lowest BCUT2D eigenvalue weighted by Gasteiger charge is -2.26. The zero-order valence-corrected chi connectivity index (χ0v) is 19.7. The van der Waals surface area contributed by atoms with Gasteiger partial charge in [-0.25, -0.2) is 8.42 Å². The molecule has 0 unspecified atom stereocenters. The van der Waals surface area contributed by atoms with Gasteiger partial charge in [-0.05, 0) is 48.7 Å². The van der Waals surface area contributed by atoms with E-state index in [1.54, 1.807) is 42.5 Å². The Kier molecular flexibility index (Phi) is 8.67. The van der Waals surface area contributed by atoms with Crippen LogP contribution in [-0.4, -0.2) is 65.2 Å². The molecule has 3 rings (SSSR count).